The SMILES string of the molecule is CCCCOc1ccc(-n2cccn2)cc1C1OC(c2ccccc2)O1. The summed E-state index contributed by atoms with van der Waals surface area (Å²) in [6.07, 6.45) is 5.00. The van der Waals surface area contributed by atoms with Gasteiger partial charge >= 0.3 is 0 Å². The zero-order valence-corrected chi connectivity index (χ0v) is 14.7. The maximum Gasteiger partial charge on any atom is 0.194 e. The van der Waals surface area contributed by atoms with E-state index in [2.05, 4.69) is 12.0 Å². The minimum atomic E-state index is -0.438. The molecule has 5 heteroatoms. The Morgan fingerprint density at radius 1 is 1.04 bits per heavy atom. The fourth-order valence-corrected chi connectivity index (χ4v) is 2.89. The molecule has 0 saturated carbocycles. The summed E-state index contributed by atoms with van der Waals surface area (Å²) in [6.45, 7) is 2.83. The van der Waals surface area contributed by atoms with Crippen molar-refractivity contribution in [3.63, 3.8) is 0 Å². The van der Waals surface area contributed by atoms with Crippen LogP contribution in [0.25, 0.3) is 5.69 Å². The quantitative estimate of drug-likeness (QED) is 0.575. The molecule has 5 nitrogen and oxygen atoms in total. The molecule has 2 aromatic carbocycles. The highest BCUT2D eigenvalue weighted by atomic mass is 16.9. The summed E-state index contributed by atoms with van der Waals surface area (Å²) in [7, 11) is 0. The highest BCUT2D eigenvalue weighted by Gasteiger charge is 2.35. The molecule has 1 aliphatic heterocycles. The third kappa shape index (κ3) is 3.49. The first-order chi connectivity index (χ1) is 12.8. The van der Waals surface area contributed by atoms with Gasteiger partial charge in [-0.15, -0.1) is 0 Å². The summed E-state index contributed by atoms with van der Waals surface area (Å²) in [5.74, 6) is 0.797. The molecule has 4 rings (SSSR count). The third-order valence-electron chi connectivity index (χ3n) is 4.34. The van der Waals surface area contributed by atoms with Crippen molar-refractivity contribution in [2.24, 2.45) is 0 Å². The van der Waals surface area contributed by atoms with Gasteiger partial charge in [-0.1, -0.05) is 43.7 Å². The lowest BCUT2D eigenvalue weighted by molar-refractivity contribution is -0.397. The molecule has 134 valence electrons. The first-order valence-corrected chi connectivity index (χ1v) is 8.98. The van der Waals surface area contributed by atoms with E-state index >= 15 is 0 Å². The molecule has 0 unspecified atom stereocenters. The average Bonchev–Trinajstić information content (AvgIpc) is 3.17. The molecular weight excluding hydrogens is 328 g/mol. The lowest BCUT2D eigenvalue weighted by Crippen LogP contribution is -2.28. The number of benzene rings is 2. The summed E-state index contributed by atoms with van der Waals surface area (Å²) < 4.78 is 19.8. The minimum absolute atomic E-state index is 0.335. The van der Waals surface area contributed by atoms with Crippen LogP contribution in [0.5, 0.6) is 5.75 Å². The number of nitrogens with zero attached hydrogens (tertiary/aromatic N) is 2. The monoisotopic (exact) mass is 350 g/mol. The molecule has 3 aromatic rings. The molecule has 2 heterocycles. The molecule has 0 atom stereocenters. The van der Waals surface area contributed by atoms with E-state index in [1.165, 1.54) is 0 Å². The van der Waals surface area contributed by atoms with Gasteiger partial charge in [0.15, 0.2) is 12.6 Å². The second-order valence-corrected chi connectivity index (χ2v) is 6.22. The Labute approximate surface area is 153 Å². The van der Waals surface area contributed by atoms with E-state index in [9.17, 15) is 0 Å². The number of hydrogen-bond donors (Lipinski definition) is 0. The molecule has 1 fully saturated rings. The molecule has 1 aliphatic rings. The molecule has 0 radical (unpaired) electrons. The normalized spacial score (nSPS) is 19.1. The highest BCUT2D eigenvalue weighted by Crippen LogP contribution is 2.44. The Bertz CT molecular complexity index is 828. The van der Waals surface area contributed by atoms with Crippen molar-refractivity contribution in [3.05, 3.63) is 78.1 Å². The van der Waals surface area contributed by atoms with Crippen LogP contribution in [0.2, 0.25) is 0 Å². The summed E-state index contributed by atoms with van der Waals surface area (Å²) in [5.41, 5.74) is 2.85. The summed E-state index contributed by atoms with van der Waals surface area (Å²) >= 11 is 0. The standard InChI is InChI=1S/C21H22N2O3/c1-2-3-14-24-19-11-10-17(23-13-7-12-22-23)15-18(19)21-25-20(26-21)16-8-5-4-6-9-16/h4-13,15,20-21H,2-3,14H2,1H3. The number of unbranched alkanes of at least 4 members (excludes halogenated alkanes) is 1. The first kappa shape index (κ1) is 16.8. The van der Waals surface area contributed by atoms with Crippen molar-refractivity contribution in [2.75, 3.05) is 6.61 Å². The molecule has 0 N–H and O–H groups in total. The van der Waals surface area contributed by atoms with Crippen LogP contribution in [0.1, 0.15) is 43.5 Å². The van der Waals surface area contributed by atoms with E-state index < -0.39 is 6.29 Å². The van der Waals surface area contributed by atoms with Gasteiger partial charge in [0.1, 0.15) is 5.75 Å². The van der Waals surface area contributed by atoms with E-state index in [-0.39, 0.29) is 6.29 Å². The third-order valence-corrected chi connectivity index (χ3v) is 4.34. The molecule has 0 spiro atoms. The molecule has 0 bridgehead atoms. The van der Waals surface area contributed by atoms with Gasteiger partial charge in [-0.3, -0.25) is 0 Å². The van der Waals surface area contributed by atoms with Crippen molar-refractivity contribution in [1.82, 2.24) is 9.78 Å². The van der Waals surface area contributed by atoms with Gasteiger partial charge in [-0.05, 0) is 30.7 Å². The summed E-state index contributed by atoms with van der Waals surface area (Å²) in [5, 5.41) is 4.29. The fourth-order valence-electron chi connectivity index (χ4n) is 2.89. The van der Waals surface area contributed by atoms with Gasteiger partial charge in [0.05, 0.1) is 17.9 Å². The van der Waals surface area contributed by atoms with Crippen molar-refractivity contribution < 1.29 is 14.2 Å². The topological polar surface area (TPSA) is 45.5 Å². The molecule has 0 amide bonds. The van der Waals surface area contributed by atoms with Crippen LogP contribution < -0.4 is 4.74 Å². The van der Waals surface area contributed by atoms with Crippen LogP contribution in [0.4, 0.5) is 0 Å². The van der Waals surface area contributed by atoms with Crippen LogP contribution in [0, 0.1) is 0 Å². The lowest BCUT2D eigenvalue weighted by Gasteiger charge is -2.37. The number of ether oxygens (including phenoxy) is 3. The number of aromatic nitrogens is 2. The zero-order valence-electron chi connectivity index (χ0n) is 14.7. The second kappa shape index (κ2) is 7.72. The van der Waals surface area contributed by atoms with Crippen molar-refractivity contribution >= 4 is 0 Å². The van der Waals surface area contributed by atoms with Crippen LogP contribution in [0.15, 0.2) is 67.0 Å². The van der Waals surface area contributed by atoms with E-state index in [0.29, 0.717) is 6.61 Å². The van der Waals surface area contributed by atoms with Gasteiger partial charge in [0, 0.05) is 18.0 Å². The highest BCUT2D eigenvalue weighted by molar-refractivity contribution is 5.45. The Balaban J connectivity index is 1.55. The predicted molar refractivity (Wildman–Crippen MR) is 98.1 cm³/mol. The second-order valence-electron chi connectivity index (χ2n) is 6.22. The summed E-state index contributed by atoms with van der Waals surface area (Å²) in [4.78, 5) is 0. The van der Waals surface area contributed by atoms with Crippen molar-refractivity contribution in [3.8, 4) is 11.4 Å². The average molecular weight is 350 g/mol. The van der Waals surface area contributed by atoms with Gasteiger partial charge in [0.25, 0.3) is 0 Å². The van der Waals surface area contributed by atoms with Gasteiger partial charge in [0.2, 0.25) is 0 Å². The maximum atomic E-state index is 6.00. The largest absolute Gasteiger partial charge is 0.493 e. The Hall–Kier alpha value is -2.63. The van der Waals surface area contributed by atoms with E-state index in [1.54, 1.807) is 6.20 Å². The van der Waals surface area contributed by atoms with Crippen LogP contribution >= 0.6 is 0 Å². The number of rotatable bonds is 7. The first-order valence-electron chi connectivity index (χ1n) is 8.98. The maximum absolute atomic E-state index is 6.00. The van der Waals surface area contributed by atoms with Gasteiger partial charge in [-0.2, -0.15) is 5.10 Å². The van der Waals surface area contributed by atoms with Crippen LogP contribution in [0.3, 0.4) is 0 Å². The Morgan fingerprint density at radius 3 is 2.62 bits per heavy atom. The molecule has 26 heavy (non-hydrogen) atoms. The van der Waals surface area contributed by atoms with E-state index in [1.807, 2.05) is 65.5 Å². The smallest absolute Gasteiger partial charge is 0.194 e. The predicted octanol–water partition coefficient (Wildman–Crippen LogP) is 4.80. The number of hydrogen-bond acceptors (Lipinski definition) is 4. The molecule has 1 saturated heterocycles. The molecular formula is C21H22N2O3. The Kier molecular flexibility index (Phi) is 5.00. The van der Waals surface area contributed by atoms with Crippen LogP contribution in [-0.4, -0.2) is 16.4 Å². The molecule has 1 aromatic heterocycles. The fraction of sp³-hybridized carbons (Fsp3) is 0.286. The van der Waals surface area contributed by atoms with Gasteiger partial charge in [-0.25, -0.2) is 4.68 Å². The van der Waals surface area contributed by atoms with E-state index in [4.69, 9.17) is 14.2 Å². The van der Waals surface area contributed by atoms with Crippen LogP contribution in [-0.2, 0) is 9.47 Å². The van der Waals surface area contributed by atoms with Crippen molar-refractivity contribution in [2.45, 2.75) is 32.3 Å². The van der Waals surface area contributed by atoms with Crippen molar-refractivity contribution in [1.29, 1.82) is 0 Å². The summed E-state index contributed by atoms with van der Waals surface area (Å²) in [6, 6.07) is 17.8. The molecule has 0 aliphatic carbocycles. The van der Waals surface area contributed by atoms with E-state index in [0.717, 1.165) is 35.4 Å². The zero-order chi connectivity index (χ0) is 17.8. The minimum Gasteiger partial charge on any atom is -0.493 e. The lowest BCUT2D eigenvalue weighted by atomic mass is 10.1. The van der Waals surface area contributed by atoms with Gasteiger partial charge < -0.3 is 14.2 Å². The Morgan fingerprint density at radius 2 is 1.88 bits per heavy atom.